The largest absolute Gasteiger partial charge is 0.465 e. The van der Waals surface area contributed by atoms with Crippen LogP contribution in [0.25, 0.3) is 0 Å². The van der Waals surface area contributed by atoms with Gasteiger partial charge in [0.2, 0.25) is 5.91 Å². The summed E-state index contributed by atoms with van der Waals surface area (Å²) in [4.78, 5) is 23.6. The number of carboxylic acid groups (broad SMARTS) is 1. The van der Waals surface area contributed by atoms with Gasteiger partial charge in [-0.2, -0.15) is 0 Å². The van der Waals surface area contributed by atoms with E-state index >= 15 is 0 Å². The molecule has 2 amide bonds. The summed E-state index contributed by atoms with van der Waals surface area (Å²) in [5, 5.41) is 29.2. The first-order valence-corrected chi connectivity index (χ1v) is 6.58. The Labute approximate surface area is 112 Å². The van der Waals surface area contributed by atoms with Crippen LogP contribution < -0.4 is 5.32 Å². The molecule has 1 heterocycles. The van der Waals surface area contributed by atoms with Crippen molar-refractivity contribution >= 4 is 12.0 Å². The number of amides is 2. The highest BCUT2D eigenvalue weighted by atomic mass is 16.4. The van der Waals surface area contributed by atoms with Crippen molar-refractivity contribution in [1.82, 2.24) is 10.2 Å². The Kier molecular flexibility index (Phi) is 6.58. The Balaban J connectivity index is 2.10. The van der Waals surface area contributed by atoms with Gasteiger partial charge in [0.1, 0.15) is 0 Å². The van der Waals surface area contributed by atoms with Crippen LogP contribution in [0.3, 0.4) is 0 Å². The van der Waals surface area contributed by atoms with Crippen molar-refractivity contribution in [3.05, 3.63) is 0 Å². The first-order chi connectivity index (χ1) is 9.04. The summed E-state index contributed by atoms with van der Waals surface area (Å²) < 4.78 is 0. The van der Waals surface area contributed by atoms with E-state index in [0.29, 0.717) is 38.9 Å². The maximum Gasteiger partial charge on any atom is 0.404 e. The smallest absolute Gasteiger partial charge is 0.404 e. The van der Waals surface area contributed by atoms with E-state index in [1.165, 1.54) is 0 Å². The third kappa shape index (κ3) is 5.44. The SMILES string of the molecule is O=C(O)NCCCCCC(=O)N1CC(O)C(CO)C1. The summed E-state index contributed by atoms with van der Waals surface area (Å²) in [5.74, 6) is -0.245. The lowest BCUT2D eigenvalue weighted by Crippen LogP contribution is -2.29. The Morgan fingerprint density at radius 3 is 2.53 bits per heavy atom. The predicted molar refractivity (Wildman–Crippen MR) is 67.7 cm³/mol. The number of rotatable bonds is 7. The molecular weight excluding hydrogens is 252 g/mol. The normalized spacial score (nSPS) is 22.5. The number of likely N-dealkylation sites (tertiary alicyclic amines) is 1. The van der Waals surface area contributed by atoms with Crippen LogP contribution in [0, 0.1) is 5.92 Å². The van der Waals surface area contributed by atoms with Crippen molar-refractivity contribution in [2.45, 2.75) is 31.8 Å². The molecular formula is C12H22N2O5. The molecule has 1 aliphatic heterocycles. The number of hydrogen-bond donors (Lipinski definition) is 4. The lowest BCUT2D eigenvalue weighted by atomic mass is 10.1. The average molecular weight is 274 g/mol. The molecule has 19 heavy (non-hydrogen) atoms. The fourth-order valence-electron chi connectivity index (χ4n) is 2.17. The zero-order chi connectivity index (χ0) is 14.3. The van der Waals surface area contributed by atoms with Crippen molar-refractivity contribution in [3.63, 3.8) is 0 Å². The van der Waals surface area contributed by atoms with Gasteiger partial charge in [0, 0.05) is 32.0 Å². The number of unbranched alkanes of at least 4 members (excludes halogenated alkanes) is 2. The van der Waals surface area contributed by atoms with E-state index in [-0.39, 0.29) is 18.4 Å². The van der Waals surface area contributed by atoms with Crippen LogP contribution in [-0.4, -0.2) is 64.6 Å². The van der Waals surface area contributed by atoms with Gasteiger partial charge in [0.05, 0.1) is 12.7 Å². The van der Waals surface area contributed by atoms with E-state index in [0.717, 1.165) is 6.42 Å². The molecule has 7 heteroatoms. The first kappa shape index (κ1) is 15.7. The Morgan fingerprint density at radius 2 is 1.95 bits per heavy atom. The molecule has 4 N–H and O–H groups in total. The maximum absolute atomic E-state index is 11.8. The van der Waals surface area contributed by atoms with Gasteiger partial charge in [-0.15, -0.1) is 0 Å². The number of hydrogen-bond acceptors (Lipinski definition) is 4. The third-order valence-electron chi connectivity index (χ3n) is 3.34. The van der Waals surface area contributed by atoms with Crippen molar-refractivity contribution in [3.8, 4) is 0 Å². The Hall–Kier alpha value is -1.34. The number of aliphatic hydroxyl groups is 2. The van der Waals surface area contributed by atoms with Gasteiger partial charge in [-0.25, -0.2) is 4.79 Å². The van der Waals surface area contributed by atoms with Gasteiger partial charge < -0.3 is 25.5 Å². The van der Waals surface area contributed by atoms with Crippen molar-refractivity contribution in [2.24, 2.45) is 5.92 Å². The number of nitrogens with zero attached hydrogens (tertiary/aromatic N) is 1. The standard InChI is InChI=1S/C12H22N2O5/c15-8-9-6-14(7-10(9)16)11(17)4-2-1-3-5-13-12(18)19/h9-10,13,15-16H,1-8H2,(H,18,19). The van der Waals surface area contributed by atoms with Crippen LogP contribution in [0.5, 0.6) is 0 Å². The summed E-state index contributed by atoms with van der Waals surface area (Å²) in [6.45, 7) is 1.01. The van der Waals surface area contributed by atoms with E-state index in [1.807, 2.05) is 0 Å². The second-order valence-electron chi connectivity index (χ2n) is 4.85. The molecule has 1 rings (SSSR count). The van der Waals surface area contributed by atoms with Gasteiger partial charge in [0.15, 0.2) is 0 Å². The third-order valence-corrected chi connectivity index (χ3v) is 3.34. The highest BCUT2D eigenvalue weighted by Crippen LogP contribution is 2.17. The van der Waals surface area contributed by atoms with Gasteiger partial charge in [0.25, 0.3) is 0 Å². The van der Waals surface area contributed by atoms with Gasteiger partial charge in [-0.05, 0) is 12.8 Å². The molecule has 1 aliphatic rings. The van der Waals surface area contributed by atoms with Crippen LogP contribution in [0.1, 0.15) is 25.7 Å². The summed E-state index contributed by atoms with van der Waals surface area (Å²) in [6.07, 6.45) is 0.938. The van der Waals surface area contributed by atoms with E-state index in [4.69, 9.17) is 10.2 Å². The van der Waals surface area contributed by atoms with Crippen LogP contribution in [-0.2, 0) is 4.79 Å². The molecule has 0 spiro atoms. The lowest BCUT2D eigenvalue weighted by molar-refractivity contribution is -0.130. The quantitative estimate of drug-likeness (QED) is 0.473. The maximum atomic E-state index is 11.8. The van der Waals surface area contributed by atoms with E-state index < -0.39 is 12.2 Å². The summed E-state index contributed by atoms with van der Waals surface area (Å²) in [5.41, 5.74) is 0. The predicted octanol–water partition coefficient (Wildman–Crippen LogP) is -0.374. The molecule has 0 aromatic rings. The molecule has 0 aliphatic carbocycles. The fraction of sp³-hybridized carbons (Fsp3) is 0.833. The van der Waals surface area contributed by atoms with Crippen LogP contribution in [0.2, 0.25) is 0 Å². The minimum atomic E-state index is -1.03. The molecule has 0 bridgehead atoms. The molecule has 2 unspecified atom stereocenters. The first-order valence-electron chi connectivity index (χ1n) is 6.58. The fourth-order valence-corrected chi connectivity index (χ4v) is 2.17. The Morgan fingerprint density at radius 1 is 1.21 bits per heavy atom. The number of nitrogens with one attached hydrogen (secondary N) is 1. The molecule has 0 aromatic heterocycles. The molecule has 0 aromatic carbocycles. The summed E-state index contributed by atoms with van der Waals surface area (Å²) in [6, 6.07) is 0. The minimum absolute atomic E-state index is 0.0128. The topological polar surface area (TPSA) is 110 Å². The second-order valence-corrected chi connectivity index (χ2v) is 4.85. The highest BCUT2D eigenvalue weighted by Gasteiger charge is 2.32. The number of aliphatic hydroxyl groups excluding tert-OH is 2. The molecule has 110 valence electrons. The average Bonchev–Trinajstić information content (AvgIpc) is 2.74. The van der Waals surface area contributed by atoms with E-state index in [2.05, 4.69) is 5.32 Å². The molecule has 1 fully saturated rings. The van der Waals surface area contributed by atoms with E-state index in [9.17, 15) is 14.7 Å². The monoisotopic (exact) mass is 274 g/mol. The zero-order valence-electron chi connectivity index (χ0n) is 10.9. The van der Waals surface area contributed by atoms with Crippen LogP contribution >= 0.6 is 0 Å². The minimum Gasteiger partial charge on any atom is -0.465 e. The van der Waals surface area contributed by atoms with Gasteiger partial charge in [-0.3, -0.25) is 4.79 Å². The molecule has 1 saturated heterocycles. The number of carbonyl (C=O) groups excluding carboxylic acids is 1. The number of carbonyl (C=O) groups is 2. The zero-order valence-corrected chi connectivity index (χ0v) is 10.9. The van der Waals surface area contributed by atoms with Crippen molar-refractivity contribution < 1.29 is 24.9 Å². The Bertz CT molecular complexity index is 310. The highest BCUT2D eigenvalue weighted by molar-refractivity contribution is 5.76. The van der Waals surface area contributed by atoms with Gasteiger partial charge >= 0.3 is 6.09 Å². The summed E-state index contributed by atoms with van der Waals surface area (Å²) in [7, 11) is 0. The second kappa shape index (κ2) is 7.96. The van der Waals surface area contributed by atoms with Gasteiger partial charge in [-0.1, -0.05) is 6.42 Å². The molecule has 7 nitrogen and oxygen atoms in total. The van der Waals surface area contributed by atoms with Crippen LogP contribution in [0.15, 0.2) is 0 Å². The van der Waals surface area contributed by atoms with Crippen LogP contribution in [0.4, 0.5) is 4.79 Å². The van der Waals surface area contributed by atoms with E-state index in [1.54, 1.807) is 4.90 Å². The number of β-amino-alcohol motifs (C(OH)–C–C–N with tert-alkyl or cyclic N) is 1. The molecule has 0 radical (unpaired) electrons. The summed E-state index contributed by atoms with van der Waals surface area (Å²) >= 11 is 0. The van der Waals surface area contributed by atoms with Crippen molar-refractivity contribution in [1.29, 1.82) is 0 Å². The van der Waals surface area contributed by atoms with Crippen molar-refractivity contribution in [2.75, 3.05) is 26.2 Å². The lowest BCUT2D eigenvalue weighted by Gasteiger charge is -2.15. The molecule has 0 saturated carbocycles. The molecule has 2 atom stereocenters.